The van der Waals surface area contributed by atoms with Crippen LogP contribution in [0.2, 0.25) is 0 Å². The van der Waals surface area contributed by atoms with Crippen LogP contribution in [0.25, 0.3) is 0 Å². The second-order valence-electron chi connectivity index (χ2n) is 6.81. The predicted molar refractivity (Wildman–Crippen MR) is 82.5 cm³/mol. The first kappa shape index (κ1) is 16.7. The van der Waals surface area contributed by atoms with Crippen molar-refractivity contribution >= 4 is 5.97 Å². The third-order valence-electron chi connectivity index (χ3n) is 4.77. The van der Waals surface area contributed by atoms with Gasteiger partial charge in [0.25, 0.3) is 0 Å². The van der Waals surface area contributed by atoms with Crippen LogP contribution < -0.4 is 5.32 Å². The van der Waals surface area contributed by atoms with E-state index in [1.807, 2.05) is 6.92 Å². The molecule has 122 valence electrons. The summed E-state index contributed by atoms with van der Waals surface area (Å²) in [5.41, 5.74) is -0.752. The molecule has 2 rings (SSSR count). The number of carboxylic acids is 1. The average Bonchev–Trinajstić information content (AvgIpc) is 3.27. The second-order valence-corrected chi connectivity index (χ2v) is 6.81. The van der Waals surface area contributed by atoms with Gasteiger partial charge in [-0.05, 0) is 65.0 Å². The minimum absolute atomic E-state index is 0.375. The molecule has 2 fully saturated rings. The van der Waals surface area contributed by atoms with Crippen molar-refractivity contribution in [3.63, 3.8) is 0 Å². The molecule has 0 spiro atoms. The van der Waals surface area contributed by atoms with Gasteiger partial charge in [0.05, 0.1) is 6.10 Å². The van der Waals surface area contributed by atoms with E-state index in [9.17, 15) is 9.90 Å². The molecule has 2 atom stereocenters. The minimum Gasteiger partial charge on any atom is -0.480 e. The van der Waals surface area contributed by atoms with Crippen molar-refractivity contribution in [3.8, 4) is 0 Å². The molecular formula is C16H30N2O3. The molecule has 0 radical (unpaired) electrons. The number of methoxy groups -OCH3 is 1. The van der Waals surface area contributed by atoms with Gasteiger partial charge in [-0.1, -0.05) is 0 Å². The lowest BCUT2D eigenvalue weighted by atomic mass is 9.94. The van der Waals surface area contributed by atoms with Gasteiger partial charge in [0.1, 0.15) is 5.54 Å². The standard InChI is InChI=1S/C16H30N2O3/c1-16(15(19)20,17-13-7-8-13)9-3-4-10-18-11-5-6-14(12-18)21-2/h13-14,17H,3-12H2,1-2H3,(H,19,20). The molecule has 1 aliphatic heterocycles. The zero-order valence-electron chi connectivity index (χ0n) is 13.4. The van der Waals surface area contributed by atoms with E-state index in [-0.39, 0.29) is 0 Å². The van der Waals surface area contributed by atoms with Gasteiger partial charge in [0.15, 0.2) is 0 Å². The first-order valence-electron chi connectivity index (χ1n) is 8.30. The van der Waals surface area contributed by atoms with Crippen LogP contribution in [0.15, 0.2) is 0 Å². The first-order valence-corrected chi connectivity index (χ1v) is 8.30. The van der Waals surface area contributed by atoms with Crippen molar-refractivity contribution in [2.45, 2.75) is 69.6 Å². The van der Waals surface area contributed by atoms with Crippen molar-refractivity contribution in [2.24, 2.45) is 0 Å². The minimum atomic E-state index is -0.752. The molecular weight excluding hydrogens is 268 g/mol. The number of carboxylic acid groups (broad SMARTS) is 1. The number of aliphatic carboxylic acids is 1. The Hall–Kier alpha value is -0.650. The highest BCUT2D eigenvalue weighted by atomic mass is 16.5. The number of likely N-dealkylation sites (tertiary alicyclic amines) is 1. The maximum Gasteiger partial charge on any atom is 0.323 e. The molecule has 1 saturated heterocycles. The van der Waals surface area contributed by atoms with Crippen molar-refractivity contribution < 1.29 is 14.6 Å². The Bertz CT molecular complexity index is 346. The third-order valence-corrected chi connectivity index (χ3v) is 4.77. The molecule has 1 aliphatic carbocycles. The van der Waals surface area contributed by atoms with E-state index in [0.29, 0.717) is 18.6 Å². The summed E-state index contributed by atoms with van der Waals surface area (Å²) in [6.07, 6.45) is 7.70. The zero-order chi connectivity index (χ0) is 15.3. The van der Waals surface area contributed by atoms with Gasteiger partial charge in [-0.2, -0.15) is 0 Å². The van der Waals surface area contributed by atoms with Gasteiger partial charge in [-0.15, -0.1) is 0 Å². The van der Waals surface area contributed by atoms with Gasteiger partial charge >= 0.3 is 5.97 Å². The number of hydrogen-bond acceptors (Lipinski definition) is 4. The average molecular weight is 298 g/mol. The summed E-state index contributed by atoms with van der Waals surface area (Å²) in [7, 11) is 1.79. The maximum absolute atomic E-state index is 11.5. The summed E-state index contributed by atoms with van der Waals surface area (Å²) in [5.74, 6) is -0.716. The fraction of sp³-hybridized carbons (Fsp3) is 0.938. The van der Waals surface area contributed by atoms with Gasteiger partial charge in [-0.3, -0.25) is 10.1 Å². The number of ether oxygens (including phenoxy) is 1. The molecule has 0 amide bonds. The monoisotopic (exact) mass is 298 g/mol. The molecule has 2 N–H and O–H groups in total. The van der Waals surface area contributed by atoms with Crippen molar-refractivity contribution in [1.29, 1.82) is 0 Å². The topological polar surface area (TPSA) is 61.8 Å². The first-order chi connectivity index (χ1) is 10.0. The molecule has 0 aromatic heterocycles. The summed E-state index contributed by atoms with van der Waals surface area (Å²) in [6, 6.07) is 0.427. The van der Waals surface area contributed by atoms with E-state index in [2.05, 4.69) is 10.2 Å². The van der Waals surface area contributed by atoms with Gasteiger partial charge < -0.3 is 14.7 Å². The van der Waals surface area contributed by atoms with Crippen LogP contribution in [0.5, 0.6) is 0 Å². The van der Waals surface area contributed by atoms with Crippen molar-refractivity contribution in [3.05, 3.63) is 0 Å². The number of nitrogens with zero attached hydrogens (tertiary/aromatic N) is 1. The van der Waals surface area contributed by atoms with Crippen LogP contribution in [-0.2, 0) is 9.53 Å². The van der Waals surface area contributed by atoms with E-state index in [1.54, 1.807) is 7.11 Å². The Labute approximate surface area is 128 Å². The molecule has 1 heterocycles. The van der Waals surface area contributed by atoms with Gasteiger partial charge in [-0.25, -0.2) is 0 Å². The molecule has 1 saturated carbocycles. The summed E-state index contributed by atoms with van der Waals surface area (Å²) in [6.45, 7) is 5.05. The summed E-state index contributed by atoms with van der Waals surface area (Å²) < 4.78 is 5.43. The van der Waals surface area contributed by atoms with E-state index in [0.717, 1.165) is 51.7 Å². The Balaban J connectivity index is 1.66. The smallest absolute Gasteiger partial charge is 0.323 e. The molecule has 2 aliphatic rings. The quantitative estimate of drug-likeness (QED) is 0.636. The summed E-state index contributed by atoms with van der Waals surface area (Å²) >= 11 is 0. The Morgan fingerprint density at radius 2 is 2.14 bits per heavy atom. The Kier molecular flexibility index (Phi) is 6.02. The van der Waals surface area contributed by atoms with E-state index < -0.39 is 11.5 Å². The highest BCUT2D eigenvalue weighted by molar-refractivity contribution is 5.78. The lowest BCUT2D eigenvalue weighted by Crippen LogP contribution is -2.50. The molecule has 0 bridgehead atoms. The lowest BCUT2D eigenvalue weighted by molar-refractivity contribution is -0.144. The number of unbranched alkanes of at least 4 members (excludes halogenated alkanes) is 1. The SMILES string of the molecule is COC1CCCN(CCCCC(C)(NC2CC2)C(=O)O)C1. The van der Waals surface area contributed by atoms with Crippen LogP contribution in [0, 0.1) is 0 Å². The van der Waals surface area contributed by atoms with Gasteiger partial charge in [0.2, 0.25) is 0 Å². The van der Waals surface area contributed by atoms with E-state index in [1.165, 1.54) is 6.42 Å². The lowest BCUT2D eigenvalue weighted by Gasteiger charge is -2.32. The molecule has 0 aromatic rings. The predicted octanol–water partition coefficient (Wildman–Crippen LogP) is 1.86. The summed E-state index contributed by atoms with van der Waals surface area (Å²) in [5, 5.41) is 12.7. The number of nitrogens with one attached hydrogen (secondary N) is 1. The highest BCUT2D eigenvalue weighted by Gasteiger charge is 2.37. The number of rotatable bonds is 9. The fourth-order valence-corrected chi connectivity index (χ4v) is 3.14. The van der Waals surface area contributed by atoms with Crippen LogP contribution in [-0.4, -0.2) is 60.4 Å². The van der Waals surface area contributed by atoms with Crippen LogP contribution in [0.3, 0.4) is 0 Å². The third kappa shape index (κ3) is 5.24. The molecule has 5 nitrogen and oxygen atoms in total. The molecule has 0 aromatic carbocycles. The number of carbonyl (C=O) groups is 1. The molecule has 21 heavy (non-hydrogen) atoms. The summed E-state index contributed by atoms with van der Waals surface area (Å²) in [4.78, 5) is 13.9. The molecule has 5 heteroatoms. The zero-order valence-corrected chi connectivity index (χ0v) is 13.4. The van der Waals surface area contributed by atoms with Crippen LogP contribution in [0.1, 0.15) is 51.9 Å². The highest BCUT2D eigenvalue weighted by Crippen LogP contribution is 2.25. The van der Waals surface area contributed by atoms with Crippen molar-refractivity contribution in [2.75, 3.05) is 26.7 Å². The number of piperidine rings is 1. The normalized spacial score (nSPS) is 26.5. The maximum atomic E-state index is 11.5. The van der Waals surface area contributed by atoms with Crippen LogP contribution in [0.4, 0.5) is 0 Å². The van der Waals surface area contributed by atoms with Gasteiger partial charge in [0, 0.05) is 19.7 Å². The molecule has 2 unspecified atom stereocenters. The fourth-order valence-electron chi connectivity index (χ4n) is 3.14. The van der Waals surface area contributed by atoms with Crippen LogP contribution >= 0.6 is 0 Å². The van der Waals surface area contributed by atoms with Crippen molar-refractivity contribution in [1.82, 2.24) is 10.2 Å². The second kappa shape index (κ2) is 7.56. The van der Waals surface area contributed by atoms with E-state index in [4.69, 9.17) is 4.74 Å². The largest absolute Gasteiger partial charge is 0.480 e. The van der Waals surface area contributed by atoms with E-state index >= 15 is 0 Å². The Morgan fingerprint density at radius 1 is 1.38 bits per heavy atom. The Morgan fingerprint density at radius 3 is 2.76 bits per heavy atom. The number of hydrogen-bond donors (Lipinski definition) is 2.